The number of aliphatic hydroxyl groups is 2. The average Bonchev–Trinajstić information content (AvgIpc) is 3.29. The highest BCUT2D eigenvalue weighted by atomic mass is 79.9. The van der Waals surface area contributed by atoms with E-state index in [-0.39, 0.29) is 19.1 Å². The van der Waals surface area contributed by atoms with E-state index in [9.17, 15) is 19.8 Å². The van der Waals surface area contributed by atoms with Gasteiger partial charge in [-0.05, 0) is 30.5 Å². The van der Waals surface area contributed by atoms with Crippen LogP contribution in [-0.2, 0) is 9.53 Å². The van der Waals surface area contributed by atoms with Crippen molar-refractivity contribution in [3.05, 3.63) is 29.3 Å². The maximum Gasteiger partial charge on any atom is 0.328 e. The number of esters is 1. The van der Waals surface area contributed by atoms with Crippen LogP contribution in [0.4, 0.5) is 5.69 Å². The minimum Gasteiger partial charge on any atom is -0.463 e. The van der Waals surface area contributed by atoms with Crippen LogP contribution >= 0.6 is 15.9 Å². The Balaban J connectivity index is 1.96. The first-order chi connectivity index (χ1) is 13.4. The molecule has 2 aliphatic heterocycles. The molecule has 0 bridgehead atoms. The minimum atomic E-state index is -0.803. The molecule has 2 fully saturated rings. The third-order valence-corrected chi connectivity index (χ3v) is 5.48. The van der Waals surface area contributed by atoms with Gasteiger partial charge >= 0.3 is 5.97 Å². The van der Waals surface area contributed by atoms with Crippen LogP contribution in [0.15, 0.2) is 18.2 Å². The zero-order valence-electron chi connectivity index (χ0n) is 15.6. The maximum absolute atomic E-state index is 13.1. The summed E-state index contributed by atoms with van der Waals surface area (Å²) in [5.74, 6) is -0.731. The number of likely N-dealkylation sites (tertiary alicyclic amines) is 2. The minimum absolute atomic E-state index is 0.211. The first kappa shape index (κ1) is 21.0. The van der Waals surface area contributed by atoms with Crippen molar-refractivity contribution in [3.63, 3.8) is 0 Å². The van der Waals surface area contributed by atoms with Gasteiger partial charge < -0.3 is 25.6 Å². The van der Waals surface area contributed by atoms with Crippen LogP contribution in [-0.4, -0.2) is 82.2 Å². The van der Waals surface area contributed by atoms with Gasteiger partial charge in [0.25, 0.3) is 5.91 Å². The number of aliphatic hydroxyl groups excluding tert-OH is 2. The summed E-state index contributed by atoms with van der Waals surface area (Å²) in [4.78, 5) is 29.4. The number of hydrogen-bond donors (Lipinski definition) is 3. The lowest BCUT2D eigenvalue weighted by atomic mass is 9.97. The van der Waals surface area contributed by atoms with Crippen LogP contribution in [0.25, 0.3) is 0 Å². The Hall–Kier alpha value is -1.68. The number of rotatable bonds is 6. The zero-order valence-corrected chi connectivity index (χ0v) is 17.2. The second-order valence-electron chi connectivity index (χ2n) is 7.24. The van der Waals surface area contributed by atoms with Gasteiger partial charge in [-0.1, -0.05) is 22.0 Å². The van der Waals surface area contributed by atoms with Crippen molar-refractivity contribution < 1.29 is 24.5 Å². The summed E-state index contributed by atoms with van der Waals surface area (Å²) < 4.78 is 5.36. The molecule has 8 nitrogen and oxygen atoms in total. The van der Waals surface area contributed by atoms with Gasteiger partial charge in [0.1, 0.15) is 12.6 Å². The molecule has 2 aliphatic rings. The number of nitrogens with two attached hydrogens (primary N) is 1. The lowest BCUT2D eigenvalue weighted by Crippen LogP contribution is -2.37. The van der Waals surface area contributed by atoms with Gasteiger partial charge in [-0.2, -0.15) is 0 Å². The van der Waals surface area contributed by atoms with Crippen LogP contribution in [0.3, 0.4) is 0 Å². The SMILES string of the molecule is Nc1ccc(C(C(=O)OCCBr)N2CCC(O)C2)c(C(=O)N2CCC(O)C2)c1. The predicted octanol–water partition coefficient (Wildman–Crippen LogP) is 0.521. The standard InChI is InChI=1S/C19H26BrN3O5/c20-5-8-28-19(27)17(22-6-3-13(24)10-22)15-2-1-12(21)9-16(15)18(26)23-7-4-14(25)11-23/h1-2,9,13-14,17,24-25H,3-8,10-11,21H2. The number of ether oxygens (including phenoxy) is 1. The van der Waals surface area contributed by atoms with Crippen molar-refractivity contribution in [2.45, 2.75) is 31.1 Å². The summed E-state index contributed by atoms with van der Waals surface area (Å²) in [6, 6.07) is 4.10. The van der Waals surface area contributed by atoms with Crippen molar-refractivity contribution in [3.8, 4) is 0 Å². The Bertz CT molecular complexity index is 732. The highest BCUT2D eigenvalue weighted by Crippen LogP contribution is 2.31. The molecular weight excluding hydrogens is 430 g/mol. The number of nitrogens with zero attached hydrogens (tertiary/aromatic N) is 2. The predicted molar refractivity (Wildman–Crippen MR) is 107 cm³/mol. The maximum atomic E-state index is 13.1. The van der Waals surface area contributed by atoms with E-state index in [4.69, 9.17) is 10.5 Å². The number of nitrogen functional groups attached to an aromatic ring is 1. The van der Waals surface area contributed by atoms with E-state index in [1.807, 2.05) is 4.90 Å². The fourth-order valence-electron chi connectivity index (χ4n) is 3.79. The molecule has 4 N–H and O–H groups in total. The number of β-amino-alcohol motifs (C(OH)–C–C–N with tert-alkyl or cyclic N) is 2. The molecule has 0 saturated carbocycles. The summed E-state index contributed by atoms with van der Waals surface area (Å²) in [7, 11) is 0. The fraction of sp³-hybridized carbons (Fsp3) is 0.579. The molecule has 3 atom stereocenters. The van der Waals surface area contributed by atoms with Gasteiger partial charge in [-0.15, -0.1) is 0 Å². The Morgan fingerprint density at radius 2 is 1.93 bits per heavy atom. The van der Waals surface area contributed by atoms with Crippen molar-refractivity contribution in [2.75, 3.05) is 43.8 Å². The first-order valence-electron chi connectivity index (χ1n) is 9.42. The van der Waals surface area contributed by atoms with Crippen molar-refractivity contribution >= 4 is 33.5 Å². The average molecular weight is 456 g/mol. The Morgan fingerprint density at radius 3 is 2.54 bits per heavy atom. The second kappa shape index (κ2) is 9.21. The highest BCUT2D eigenvalue weighted by molar-refractivity contribution is 9.09. The molecule has 2 heterocycles. The smallest absolute Gasteiger partial charge is 0.328 e. The molecule has 2 saturated heterocycles. The molecule has 154 valence electrons. The van der Waals surface area contributed by atoms with E-state index in [2.05, 4.69) is 15.9 Å². The quantitative estimate of drug-likeness (QED) is 0.325. The summed E-state index contributed by atoms with van der Waals surface area (Å²) in [5.41, 5.74) is 7.18. The lowest BCUT2D eigenvalue weighted by molar-refractivity contribution is -0.149. The molecule has 9 heteroatoms. The number of carbonyl (C=O) groups excluding carboxylic acids is 2. The van der Waals surface area contributed by atoms with E-state index < -0.39 is 24.2 Å². The van der Waals surface area contributed by atoms with Gasteiger partial charge in [0.2, 0.25) is 0 Å². The molecule has 1 aromatic carbocycles. The molecule has 0 radical (unpaired) electrons. The summed E-state index contributed by atoms with van der Waals surface area (Å²) >= 11 is 3.24. The lowest BCUT2D eigenvalue weighted by Gasteiger charge is -2.28. The van der Waals surface area contributed by atoms with Crippen molar-refractivity contribution in [1.82, 2.24) is 9.80 Å². The molecule has 3 rings (SSSR count). The molecule has 0 aromatic heterocycles. The summed E-state index contributed by atoms with van der Waals surface area (Å²) in [6.45, 7) is 1.77. The molecule has 1 aromatic rings. The molecular formula is C19H26BrN3O5. The number of alkyl halides is 1. The number of hydrogen-bond acceptors (Lipinski definition) is 7. The van der Waals surface area contributed by atoms with Gasteiger partial charge in [-0.3, -0.25) is 9.69 Å². The van der Waals surface area contributed by atoms with E-state index in [0.29, 0.717) is 54.6 Å². The number of benzene rings is 1. The monoisotopic (exact) mass is 455 g/mol. The van der Waals surface area contributed by atoms with Crippen LogP contribution in [0.5, 0.6) is 0 Å². The Kier molecular flexibility index (Phi) is 6.92. The third-order valence-electron chi connectivity index (χ3n) is 5.16. The zero-order chi connectivity index (χ0) is 20.3. The number of amides is 1. The third kappa shape index (κ3) is 4.65. The number of carbonyl (C=O) groups is 2. The van der Waals surface area contributed by atoms with Crippen LogP contribution in [0, 0.1) is 0 Å². The van der Waals surface area contributed by atoms with Gasteiger partial charge in [0.15, 0.2) is 0 Å². The molecule has 28 heavy (non-hydrogen) atoms. The molecule has 1 amide bonds. The van der Waals surface area contributed by atoms with Gasteiger partial charge in [0, 0.05) is 42.8 Å². The van der Waals surface area contributed by atoms with E-state index in [0.717, 1.165) is 0 Å². The van der Waals surface area contributed by atoms with E-state index in [1.165, 1.54) is 0 Å². The van der Waals surface area contributed by atoms with Crippen molar-refractivity contribution in [2.24, 2.45) is 0 Å². The topological polar surface area (TPSA) is 116 Å². The van der Waals surface area contributed by atoms with Crippen LogP contribution < -0.4 is 5.73 Å². The van der Waals surface area contributed by atoms with Gasteiger partial charge in [-0.25, -0.2) is 4.79 Å². The van der Waals surface area contributed by atoms with E-state index >= 15 is 0 Å². The highest BCUT2D eigenvalue weighted by Gasteiger charge is 2.37. The first-order valence-corrected chi connectivity index (χ1v) is 10.5. The largest absolute Gasteiger partial charge is 0.463 e. The normalized spacial score (nSPS) is 23.8. The molecule has 3 unspecified atom stereocenters. The van der Waals surface area contributed by atoms with Crippen LogP contribution in [0.2, 0.25) is 0 Å². The number of anilines is 1. The summed E-state index contributed by atoms with van der Waals surface area (Å²) in [6.07, 6.45) is 0.0204. The van der Waals surface area contributed by atoms with Gasteiger partial charge in [0.05, 0.1) is 12.2 Å². The molecule has 0 aliphatic carbocycles. The van der Waals surface area contributed by atoms with E-state index in [1.54, 1.807) is 23.1 Å². The molecule has 0 spiro atoms. The Labute approximate surface area is 172 Å². The Morgan fingerprint density at radius 1 is 1.21 bits per heavy atom. The second-order valence-corrected chi connectivity index (χ2v) is 8.03. The summed E-state index contributed by atoms with van der Waals surface area (Å²) in [5, 5.41) is 20.2. The van der Waals surface area contributed by atoms with Crippen LogP contribution in [0.1, 0.15) is 34.8 Å². The number of halogens is 1. The van der Waals surface area contributed by atoms with Crippen molar-refractivity contribution in [1.29, 1.82) is 0 Å². The fourth-order valence-corrected chi connectivity index (χ4v) is 3.95.